The molecule has 1 atom stereocenters. The van der Waals surface area contributed by atoms with Crippen molar-refractivity contribution in [1.29, 1.82) is 0 Å². The van der Waals surface area contributed by atoms with E-state index < -0.39 is 0 Å². The lowest BCUT2D eigenvalue weighted by atomic mass is 9.94. The number of phenolic OH excluding ortho intramolecular Hbond substituents is 1. The first-order valence-electron chi connectivity index (χ1n) is 8.18. The Morgan fingerprint density at radius 1 is 0.880 bits per heavy atom. The molecule has 122 valence electrons. The first kappa shape index (κ1) is 15.1. The number of aromatic hydroxyl groups is 1. The highest BCUT2D eigenvalue weighted by Gasteiger charge is 2.25. The molecule has 0 aliphatic rings. The molecule has 0 saturated carbocycles. The molecule has 2 aromatic heterocycles. The van der Waals surface area contributed by atoms with Crippen molar-refractivity contribution in [2.75, 3.05) is 5.32 Å². The number of aromatic amines is 1. The largest absolute Gasteiger partial charge is 0.507 e. The molecule has 0 bridgehead atoms. The normalized spacial score (nSPS) is 12.0. The second-order valence-corrected chi connectivity index (χ2v) is 5.83. The maximum Gasteiger partial charge on any atom is 0.272 e. The van der Waals surface area contributed by atoms with Gasteiger partial charge in [-0.15, -0.1) is 0 Å². The number of phenols is 1. The molecule has 0 radical (unpaired) electrons. The van der Waals surface area contributed by atoms with Crippen LogP contribution >= 0.6 is 0 Å². The van der Waals surface area contributed by atoms with Crippen LogP contribution in [-0.4, -0.2) is 10.1 Å². The summed E-state index contributed by atoms with van der Waals surface area (Å²) in [4.78, 5) is 7.62. The van der Waals surface area contributed by atoms with Gasteiger partial charge in [0.1, 0.15) is 11.8 Å². The van der Waals surface area contributed by atoms with E-state index in [-0.39, 0.29) is 11.8 Å². The van der Waals surface area contributed by atoms with Crippen LogP contribution in [0.5, 0.6) is 5.75 Å². The molecule has 2 aromatic carbocycles. The minimum Gasteiger partial charge on any atom is -0.507 e. The molecule has 4 nitrogen and oxygen atoms in total. The van der Waals surface area contributed by atoms with Crippen LogP contribution < -0.4 is 10.3 Å². The lowest BCUT2D eigenvalue weighted by molar-refractivity contribution is -0.361. The molecule has 0 aliphatic heterocycles. The molecule has 4 heteroatoms. The van der Waals surface area contributed by atoms with E-state index >= 15 is 0 Å². The summed E-state index contributed by atoms with van der Waals surface area (Å²) in [6.45, 7) is 0. The van der Waals surface area contributed by atoms with Gasteiger partial charge < -0.3 is 5.11 Å². The Labute approximate surface area is 145 Å². The van der Waals surface area contributed by atoms with Gasteiger partial charge in [0, 0.05) is 23.2 Å². The number of benzene rings is 2. The number of aromatic nitrogens is 2. The maximum absolute atomic E-state index is 10.6. The van der Waals surface area contributed by atoms with Crippen molar-refractivity contribution in [3.8, 4) is 5.75 Å². The van der Waals surface area contributed by atoms with Gasteiger partial charge in [0.05, 0.1) is 17.3 Å². The minimum atomic E-state index is -0.215. The molecule has 0 saturated heterocycles. The van der Waals surface area contributed by atoms with Crippen molar-refractivity contribution in [2.45, 2.75) is 6.04 Å². The maximum atomic E-state index is 10.6. The van der Waals surface area contributed by atoms with Crippen molar-refractivity contribution in [3.05, 3.63) is 96.3 Å². The summed E-state index contributed by atoms with van der Waals surface area (Å²) in [5, 5.41) is 15.1. The van der Waals surface area contributed by atoms with Crippen molar-refractivity contribution >= 4 is 16.7 Å². The quantitative estimate of drug-likeness (QED) is 0.596. The fourth-order valence-corrected chi connectivity index (χ4v) is 3.07. The Kier molecular flexibility index (Phi) is 4.01. The predicted octanol–water partition coefficient (Wildman–Crippen LogP) is 3.96. The molecule has 4 aromatic rings. The monoisotopic (exact) mass is 328 g/mol. The molecule has 0 spiro atoms. The Morgan fingerprint density at radius 3 is 2.52 bits per heavy atom. The van der Waals surface area contributed by atoms with Gasteiger partial charge in [0.15, 0.2) is 0 Å². The number of nitrogens with one attached hydrogen (secondary N) is 2. The fourth-order valence-electron chi connectivity index (χ4n) is 3.07. The van der Waals surface area contributed by atoms with E-state index in [1.807, 2.05) is 60.8 Å². The number of fused-ring (bicyclic) bond motifs is 1. The van der Waals surface area contributed by atoms with Gasteiger partial charge in [-0.2, -0.15) is 0 Å². The van der Waals surface area contributed by atoms with Crippen LogP contribution in [0.2, 0.25) is 0 Å². The lowest BCUT2D eigenvalue weighted by Gasteiger charge is -2.18. The lowest BCUT2D eigenvalue weighted by Crippen LogP contribution is -2.19. The Balaban J connectivity index is 1.91. The first-order valence-corrected chi connectivity index (χ1v) is 8.18. The average molecular weight is 328 g/mol. The van der Waals surface area contributed by atoms with E-state index in [2.05, 4.69) is 27.4 Å². The number of rotatable bonds is 4. The number of anilines is 1. The third kappa shape index (κ3) is 3.02. The molecule has 0 aliphatic carbocycles. The van der Waals surface area contributed by atoms with Crippen LogP contribution in [0.1, 0.15) is 17.2 Å². The minimum absolute atomic E-state index is 0.215. The van der Waals surface area contributed by atoms with Gasteiger partial charge in [-0.05, 0) is 24.3 Å². The standard InChI is InChI=1S/C21H17N3O/c25-18-12-11-17-16(9-6-14-22-17)20(18)21(15-7-2-1-3-8-15)24-19-10-4-5-13-23-19/h1-14,21,25H,(H,23,24)/p+1/t21-/m1/s1. The number of nitrogens with zero attached hydrogens (tertiary/aromatic N) is 1. The predicted molar refractivity (Wildman–Crippen MR) is 98.3 cm³/mol. The van der Waals surface area contributed by atoms with E-state index in [1.54, 1.807) is 12.3 Å². The van der Waals surface area contributed by atoms with Crippen molar-refractivity contribution < 1.29 is 10.1 Å². The van der Waals surface area contributed by atoms with E-state index in [1.165, 1.54) is 0 Å². The molecule has 0 unspecified atom stereocenters. The molecule has 0 fully saturated rings. The van der Waals surface area contributed by atoms with Gasteiger partial charge in [0.25, 0.3) is 5.82 Å². The Morgan fingerprint density at radius 2 is 1.72 bits per heavy atom. The van der Waals surface area contributed by atoms with E-state index in [9.17, 15) is 5.11 Å². The van der Waals surface area contributed by atoms with Crippen LogP contribution in [-0.2, 0) is 0 Å². The van der Waals surface area contributed by atoms with Gasteiger partial charge in [-0.1, -0.05) is 42.5 Å². The SMILES string of the molecule is Oc1ccc2ncccc2c1[C@H](Nc1cccc[nH+]1)c1ccccc1. The van der Waals surface area contributed by atoms with Crippen LogP contribution in [0.25, 0.3) is 10.9 Å². The van der Waals surface area contributed by atoms with Crippen LogP contribution in [0.15, 0.2) is 85.2 Å². The second-order valence-electron chi connectivity index (χ2n) is 5.83. The van der Waals surface area contributed by atoms with E-state index in [0.29, 0.717) is 0 Å². The summed E-state index contributed by atoms with van der Waals surface area (Å²) < 4.78 is 0. The number of H-pyrrole nitrogens is 1. The molecule has 3 N–H and O–H groups in total. The summed E-state index contributed by atoms with van der Waals surface area (Å²) in [6.07, 6.45) is 3.63. The summed E-state index contributed by atoms with van der Waals surface area (Å²) in [6, 6.07) is 23.2. The van der Waals surface area contributed by atoms with Gasteiger partial charge >= 0.3 is 0 Å². The van der Waals surface area contributed by atoms with Gasteiger partial charge in [0.2, 0.25) is 0 Å². The zero-order valence-corrected chi connectivity index (χ0v) is 13.6. The number of pyridine rings is 2. The summed E-state index contributed by atoms with van der Waals surface area (Å²) >= 11 is 0. The van der Waals surface area contributed by atoms with Gasteiger partial charge in [-0.25, -0.2) is 4.98 Å². The third-order valence-corrected chi connectivity index (χ3v) is 4.23. The summed E-state index contributed by atoms with van der Waals surface area (Å²) in [5.41, 5.74) is 2.73. The highest BCUT2D eigenvalue weighted by molar-refractivity contribution is 5.85. The second kappa shape index (κ2) is 6.61. The Bertz CT molecular complexity index is 988. The zero-order chi connectivity index (χ0) is 17.1. The number of hydrogen-bond donors (Lipinski definition) is 2. The fraction of sp³-hybridized carbons (Fsp3) is 0.0476. The molecule has 2 heterocycles. The van der Waals surface area contributed by atoms with Crippen LogP contribution in [0.4, 0.5) is 5.82 Å². The first-order chi connectivity index (χ1) is 12.3. The summed E-state index contributed by atoms with van der Waals surface area (Å²) in [5.74, 6) is 1.12. The zero-order valence-electron chi connectivity index (χ0n) is 13.6. The van der Waals surface area contributed by atoms with Crippen molar-refractivity contribution in [2.24, 2.45) is 0 Å². The topological polar surface area (TPSA) is 59.3 Å². The highest BCUT2D eigenvalue weighted by Crippen LogP contribution is 2.36. The molecular formula is C21H18N3O+. The molecule has 4 rings (SSSR count). The third-order valence-electron chi connectivity index (χ3n) is 4.23. The van der Waals surface area contributed by atoms with Crippen molar-refractivity contribution in [3.63, 3.8) is 0 Å². The van der Waals surface area contributed by atoms with E-state index in [4.69, 9.17) is 0 Å². The smallest absolute Gasteiger partial charge is 0.272 e. The summed E-state index contributed by atoms with van der Waals surface area (Å²) in [7, 11) is 0. The average Bonchev–Trinajstić information content (AvgIpc) is 2.68. The molecule has 25 heavy (non-hydrogen) atoms. The van der Waals surface area contributed by atoms with Crippen LogP contribution in [0.3, 0.4) is 0 Å². The van der Waals surface area contributed by atoms with Gasteiger partial charge in [-0.3, -0.25) is 10.3 Å². The highest BCUT2D eigenvalue weighted by atomic mass is 16.3. The molecule has 0 amide bonds. The Hall–Kier alpha value is -3.40. The van der Waals surface area contributed by atoms with E-state index in [0.717, 1.165) is 27.8 Å². The van der Waals surface area contributed by atoms with Crippen molar-refractivity contribution in [1.82, 2.24) is 4.98 Å². The number of hydrogen-bond acceptors (Lipinski definition) is 3. The van der Waals surface area contributed by atoms with Crippen LogP contribution in [0, 0.1) is 0 Å². The molecular weight excluding hydrogens is 310 g/mol.